The van der Waals surface area contributed by atoms with Crippen LogP contribution in [0.15, 0.2) is 66.7 Å². The van der Waals surface area contributed by atoms with Gasteiger partial charge in [0.2, 0.25) is 0 Å². The first-order chi connectivity index (χ1) is 14.1. The minimum absolute atomic E-state index is 0.0449. The van der Waals surface area contributed by atoms with E-state index in [1.165, 1.54) is 5.56 Å². The van der Waals surface area contributed by atoms with Crippen LogP contribution in [-0.4, -0.2) is 17.5 Å². The number of hydrogen-bond donors (Lipinski definition) is 1. The third-order valence-electron chi connectivity index (χ3n) is 4.48. The number of hydrogen-bond acceptors (Lipinski definition) is 4. The van der Waals surface area contributed by atoms with E-state index in [4.69, 9.17) is 9.72 Å². The number of benzene rings is 3. The Labute approximate surface area is 187 Å². The van der Waals surface area contributed by atoms with Crippen molar-refractivity contribution < 1.29 is 9.53 Å². The van der Waals surface area contributed by atoms with Crippen molar-refractivity contribution >= 4 is 55.7 Å². The highest BCUT2D eigenvalue weighted by atomic mass is 127. The van der Waals surface area contributed by atoms with Gasteiger partial charge in [0.05, 0.1) is 15.9 Å². The van der Waals surface area contributed by atoms with Crippen molar-refractivity contribution in [2.24, 2.45) is 0 Å². The van der Waals surface area contributed by atoms with Crippen LogP contribution in [0.3, 0.4) is 0 Å². The summed E-state index contributed by atoms with van der Waals surface area (Å²) in [5, 5.41) is 3.86. The van der Waals surface area contributed by atoms with Crippen LogP contribution in [-0.2, 0) is 11.2 Å². The molecule has 29 heavy (non-hydrogen) atoms. The third kappa shape index (κ3) is 4.76. The summed E-state index contributed by atoms with van der Waals surface area (Å²) in [4.78, 5) is 17.2. The number of para-hydroxylation sites is 1. The van der Waals surface area contributed by atoms with Gasteiger partial charge in [-0.05, 0) is 77.0 Å². The second kappa shape index (κ2) is 8.92. The standard InChI is InChI=1S/C23H19IN2O2S/c1-2-15-7-10-17(11-8-15)28-14-22(27)25-19-12-9-16(24)13-18(19)23-26-20-5-3-4-6-21(20)29-23/h3-13H,2,14H2,1H3,(H,25,27). The summed E-state index contributed by atoms with van der Waals surface area (Å²) in [6.07, 6.45) is 0.974. The number of anilines is 1. The second-order valence-corrected chi connectivity index (χ2v) is 8.79. The molecule has 0 unspecified atom stereocenters. The van der Waals surface area contributed by atoms with E-state index in [-0.39, 0.29) is 12.5 Å². The maximum Gasteiger partial charge on any atom is 0.262 e. The van der Waals surface area contributed by atoms with Crippen LogP contribution in [0.5, 0.6) is 5.75 Å². The first-order valence-corrected chi connectivity index (χ1v) is 11.2. The van der Waals surface area contributed by atoms with Gasteiger partial charge in [-0.2, -0.15) is 0 Å². The van der Waals surface area contributed by atoms with Crippen LogP contribution in [0.4, 0.5) is 5.69 Å². The zero-order chi connectivity index (χ0) is 20.2. The lowest BCUT2D eigenvalue weighted by atomic mass is 10.2. The fourth-order valence-electron chi connectivity index (χ4n) is 2.95. The number of halogens is 1. The second-order valence-electron chi connectivity index (χ2n) is 6.51. The van der Waals surface area contributed by atoms with Gasteiger partial charge in [-0.25, -0.2) is 4.98 Å². The number of nitrogens with one attached hydrogen (secondary N) is 1. The van der Waals surface area contributed by atoms with Crippen LogP contribution >= 0.6 is 33.9 Å². The number of thiazole rings is 1. The monoisotopic (exact) mass is 514 g/mol. The summed E-state index contributed by atoms with van der Waals surface area (Å²) in [6, 6.07) is 21.8. The molecule has 0 saturated carbocycles. The summed E-state index contributed by atoms with van der Waals surface area (Å²) in [7, 11) is 0. The number of amides is 1. The molecule has 0 radical (unpaired) electrons. The van der Waals surface area contributed by atoms with Gasteiger partial charge in [0.1, 0.15) is 10.8 Å². The number of nitrogens with zero attached hydrogens (tertiary/aromatic N) is 1. The molecule has 1 heterocycles. The molecular formula is C23H19IN2O2S. The molecule has 1 amide bonds. The molecule has 1 aromatic heterocycles. The molecule has 4 aromatic rings. The Morgan fingerprint density at radius 1 is 1.10 bits per heavy atom. The molecule has 0 saturated heterocycles. The molecule has 0 aliphatic heterocycles. The molecule has 3 aromatic carbocycles. The maximum atomic E-state index is 12.5. The lowest BCUT2D eigenvalue weighted by Crippen LogP contribution is -2.20. The molecule has 6 heteroatoms. The number of aromatic nitrogens is 1. The van der Waals surface area contributed by atoms with Crippen LogP contribution < -0.4 is 10.1 Å². The minimum atomic E-state index is -0.201. The van der Waals surface area contributed by atoms with E-state index in [0.717, 1.165) is 36.5 Å². The zero-order valence-corrected chi connectivity index (χ0v) is 18.8. The number of carbonyl (C=O) groups excluding carboxylic acids is 1. The van der Waals surface area contributed by atoms with Gasteiger partial charge >= 0.3 is 0 Å². The Hall–Kier alpha value is -2.45. The first-order valence-electron chi connectivity index (χ1n) is 9.29. The molecule has 0 bridgehead atoms. The van der Waals surface area contributed by atoms with E-state index in [1.54, 1.807) is 11.3 Å². The fraction of sp³-hybridized carbons (Fsp3) is 0.130. The number of aryl methyl sites for hydroxylation is 1. The molecule has 0 aliphatic carbocycles. The molecule has 4 rings (SSSR count). The van der Waals surface area contributed by atoms with E-state index >= 15 is 0 Å². The number of ether oxygens (including phenoxy) is 1. The van der Waals surface area contributed by atoms with Crippen molar-refractivity contribution in [2.75, 3.05) is 11.9 Å². The highest BCUT2D eigenvalue weighted by molar-refractivity contribution is 14.1. The minimum Gasteiger partial charge on any atom is -0.484 e. The van der Waals surface area contributed by atoms with Crippen molar-refractivity contribution in [2.45, 2.75) is 13.3 Å². The molecular weight excluding hydrogens is 495 g/mol. The van der Waals surface area contributed by atoms with E-state index in [1.807, 2.05) is 60.7 Å². The fourth-order valence-corrected chi connectivity index (χ4v) is 4.43. The predicted molar refractivity (Wildman–Crippen MR) is 128 cm³/mol. The predicted octanol–water partition coefficient (Wildman–Crippen LogP) is 6.15. The number of carbonyl (C=O) groups is 1. The summed E-state index contributed by atoms with van der Waals surface area (Å²) in [6.45, 7) is 2.06. The van der Waals surface area contributed by atoms with Crippen LogP contribution in [0.2, 0.25) is 0 Å². The SMILES string of the molecule is CCc1ccc(OCC(=O)Nc2ccc(I)cc2-c2nc3ccccc3s2)cc1. The quantitative estimate of drug-likeness (QED) is 0.314. The summed E-state index contributed by atoms with van der Waals surface area (Å²) >= 11 is 3.89. The van der Waals surface area contributed by atoms with E-state index in [0.29, 0.717) is 5.75 Å². The molecule has 146 valence electrons. The third-order valence-corrected chi connectivity index (χ3v) is 6.22. The average molecular weight is 514 g/mol. The molecule has 4 nitrogen and oxygen atoms in total. The van der Waals surface area contributed by atoms with E-state index in [9.17, 15) is 4.79 Å². The van der Waals surface area contributed by atoms with Crippen LogP contribution in [0.1, 0.15) is 12.5 Å². The lowest BCUT2D eigenvalue weighted by molar-refractivity contribution is -0.118. The Bertz CT molecular complexity index is 1120. The summed E-state index contributed by atoms with van der Waals surface area (Å²) < 4.78 is 7.84. The highest BCUT2D eigenvalue weighted by Gasteiger charge is 2.14. The van der Waals surface area contributed by atoms with Gasteiger partial charge in [0.25, 0.3) is 5.91 Å². The van der Waals surface area contributed by atoms with Gasteiger partial charge in [0, 0.05) is 9.13 Å². The Balaban J connectivity index is 1.51. The molecule has 0 spiro atoms. The smallest absolute Gasteiger partial charge is 0.262 e. The molecule has 0 aliphatic rings. The first kappa shape index (κ1) is 19.8. The normalized spacial score (nSPS) is 10.8. The van der Waals surface area contributed by atoms with Crippen LogP contribution in [0, 0.1) is 3.57 Å². The molecule has 0 atom stereocenters. The zero-order valence-electron chi connectivity index (χ0n) is 15.8. The van der Waals surface area contributed by atoms with Gasteiger partial charge in [-0.3, -0.25) is 4.79 Å². The summed E-state index contributed by atoms with van der Waals surface area (Å²) in [5.41, 5.74) is 3.85. The van der Waals surface area contributed by atoms with Gasteiger partial charge in [-0.1, -0.05) is 31.2 Å². The molecule has 1 N–H and O–H groups in total. The van der Waals surface area contributed by atoms with Crippen LogP contribution in [0.25, 0.3) is 20.8 Å². The van der Waals surface area contributed by atoms with Gasteiger partial charge < -0.3 is 10.1 Å². The van der Waals surface area contributed by atoms with Crippen molar-refractivity contribution in [3.63, 3.8) is 0 Å². The summed E-state index contributed by atoms with van der Waals surface area (Å²) in [5.74, 6) is 0.486. The highest BCUT2D eigenvalue weighted by Crippen LogP contribution is 2.35. The van der Waals surface area contributed by atoms with Gasteiger partial charge in [-0.15, -0.1) is 11.3 Å². The largest absolute Gasteiger partial charge is 0.484 e. The van der Waals surface area contributed by atoms with E-state index in [2.05, 4.69) is 40.9 Å². The van der Waals surface area contributed by atoms with E-state index < -0.39 is 0 Å². The Morgan fingerprint density at radius 2 is 1.90 bits per heavy atom. The Morgan fingerprint density at radius 3 is 2.66 bits per heavy atom. The lowest BCUT2D eigenvalue weighted by Gasteiger charge is -2.11. The van der Waals surface area contributed by atoms with Gasteiger partial charge in [0.15, 0.2) is 6.61 Å². The van der Waals surface area contributed by atoms with Crippen molar-refractivity contribution in [3.05, 3.63) is 75.9 Å². The number of fused-ring (bicyclic) bond motifs is 1. The van der Waals surface area contributed by atoms with Crippen molar-refractivity contribution in [1.29, 1.82) is 0 Å². The average Bonchev–Trinajstić information content (AvgIpc) is 3.18. The topological polar surface area (TPSA) is 51.2 Å². The Kier molecular flexibility index (Phi) is 6.10. The maximum absolute atomic E-state index is 12.5. The van der Waals surface area contributed by atoms with Crippen molar-refractivity contribution in [1.82, 2.24) is 4.98 Å². The molecule has 0 fully saturated rings. The van der Waals surface area contributed by atoms with Crippen molar-refractivity contribution in [3.8, 4) is 16.3 Å². The number of rotatable bonds is 6.